The van der Waals surface area contributed by atoms with Gasteiger partial charge in [0.2, 0.25) is 0 Å². The molecule has 1 aliphatic heterocycles. The van der Waals surface area contributed by atoms with Crippen molar-refractivity contribution in [3.8, 4) is 5.75 Å². The number of ether oxygens (including phenoxy) is 2. The summed E-state index contributed by atoms with van der Waals surface area (Å²) in [5.41, 5.74) is 1.18. The molecule has 0 saturated carbocycles. The molecule has 2 N–H and O–H groups in total. The van der Waals surface area contributed by atoms with Crippen LogP contribution >= 0.6 is 0 Å². The fourth-order valence-electron chi connectivity index (χ4n) is 2.12. The average Bonchev–Trinajstić information content (AvgIpc) is 2.52. The third-order valence-electron chi connectivity index (χ3n) is 3.25. The molecule has 0 spiro atoms. The molecule has 0 saturated heterocycles. The highest BCUT2D eigenvalue weighted by atomic mass is 16.5. The Bertz CT molecular complexity index is 497. The molecule has 0 radical (unpaired) electrons. The monoisotopic (exact) mass is 304 g/mol. The number of allylic oxidation sites excluding steroid dienone is 2. The Balaban J connectivity index is 1.69. The highest BCUT2D eigenvalue weighted by molar-refractivity contribution is 5.27. The van der Waals surface area contributed by atoms with Crippen LogP contribution in [0, 0.1) is 0 Å². The lowest BCUT2D eigenvalue weighted by atomic mass is 10.2. The van der Waals surface area contributed by atoms with Crippen molar-refractivity contribution in [1.82, 2.24) is 10.2 Å². The number of nitrogens with zero attached hydrogens (tertiary/aromatic N) is 1. The van der Waals surface area contributed by atoms with Gasteiger partial charge in [0, 0.05) is 13.1 Å². The van der Waals surface area contributed by atoms with Crippen molar-refractivity contribution in [2.24, 2.45) is 0 Å². The van der Waals surface area contributed by atoms with Gasteiger partial charge >= 0.3 is 0 Å². The molecule has 2 rings (SSSR count). The molecule has 0 aliphatic carbocycles. The standard InChI is InChI=1S/C17H24N2O3/c1-18-8-10-21-11-12-22-17-6-4-15(5-7-17)13-19-9-2-3-16(20)14-19/h2-7,9,18,20H,8,10-14H2,1H3. The van der Waals surface area contributed by atoms with Gasteiger partial charge in [0.05, 0.1) is 19.8 Å². The molecule has 0 aromatic heterocycles. The quantitative estimate of drug-likeness (QED) is 0.684. The Morgan fingerprint density at radius 1 is 1.18 bits per heavy atom. The maximum atomic E-state index is 9.51. The molecule has 0 fully saturated rings. The second kappa shape index (κ2) is 9.12. The maximum Gasteiger partial charge on any atom is 0.119 e. The zero-order chi connectivity index (χ0) is 15.6. The molecule has 0 atom stereocenters. The van der Waals surface area contributed by atoms with E-state index in [4.69, 9.17) is 9.47 Å². The normalized spacial score (nSPS) is 14.0. The Hall–Kier alpha value is -1.98. The second-order valence-corrected chi connectivity index (χ2v) is 5.11. The lowest BCUT2D eigenvalue weighted by Gasteiger charge is -2.22. The summed E-state index contributed by atoms with van der Waals surface area (Å²) in [5, 5.41) is 12.5. The van der Waals surface area contributed by atoms with E-state index < -0.39 is 0 Å². The minimum Gasteiger partial charge on any atom is -0.510 e. The maximum absolute atomic E-state index is 9.51. The van der Waals surface area contributed by atoms with Gasteiger partial charge in [-0.25, -0.2) is 0 Å². The molecular weight excluding hydrogens is 280 g/mol. The van der Waals surface area contributed by atoms with E-state index in [9.17, 15) is 5.11 Å². The van der Waals surface area contributed by atoms with Crippen LogP contribution < -0.4 is 10.1 Å². The zero-order valence-electron chi connectivity index (χ0n) is 13.0. The van der Waals surface area contributed by atoms with E-state index in [1.54, 1.807) is 6.08 Å². The Kier molecular flexibility index (Phi) is 6.80. The van der Waals surface area contributed by atoms with Gasteiger partial charge in [-0.3, -0.25) is 0 Å². The van der Waals surface area contributed by atoms with E-state index in [0.717, 1.165) is 18.8 Å². The van der Waals surface area contributed by atoms with Crippen molar-refractivity contribution in [1.29, 1.82) is 0 Å². The second-order valence-electron chi connectivity index (χ2n) is 5.11. The van der Waals surface area contributed by atoms with E-state index >= 15 is 0 Å². The summed E-state index contributed by atoms with van der Waals surface area (Å²) in [6.07, 6.45) is 5.54. The van der Waals surface area contributed by atoms with E-state index in [0.29, 0.717) is 32.1 Å². The van der Waals surface area contributed by atoms with Gasteiger partial charge in [0.15, 0.2) is 0 Å². The Morgan fingerprint density at radius 2 is 2.00 bits per heavy atom. The summed E-state index contributed by atoms with van der Waals surface area (Å²) >= 11 is 0. The van der Waals surface area contributed by atoms with Gasteiger partial charge in [-0.2, -0.15) is 0 Å². The number of likely N-dealkylation sites (N-methyl/N-ethyl adjacent to an activating group) is 1. The van der Waals surface area contributed by atoms with Crippen molar-refractivity contribution in [2.75, 3.05) is 40.0 Å². The lowest BCUT2D eigenvalue weighted by molar-refractivity contribution is 0.103. The van der Waals surface area contributed by atoms with Crippen LogP contribution in [-0.2, 0) is 11.3 Å². The predicted molar refractivity (Wildman–Crippen MR) is 86.9 cm³/mol. The van der Waals surface area contributed by atoms with Crippen LogP contribution in [0.3, 0.4) is 0 Å². The van der Waals surface area contributed by atoms with Crippen molar-refractivity contribution in [3.05, 3.63) is 53.9 Å². The first-order valence-electron chi connectivity index (χ1n) is 7.52. The summed E-state index contributed by atoms with van der Waals surface area (Å²) in [6.45, 7) is 4.01. The van der Waals surface area contributed by atoms with Crippen LogP contribution in [0.5, 0.6) is 5.75 Å². The average molecular weight is 304 g/mol. The first-order chi connectivity index (χ1) is 10.8. The summed E-state index contributed by atoms with van der Waals surface area (Å²) in [5.74, 6) is 1.23. The molecule has 1 aliphatic rings. The molecule has 5 nitrogen and oxygen atoms in total. The SMILES string of the molecule is CNCCOCCOc1ccc(CN2C=CC=C(O)C2)cc1. The molecule has 5 heteroatoms. The fourth-order valence-corrected chi connectivity index (χ4v) is 2.12. The number of hydrogen-bond donors (Lipinski definition) is 2. The summed E-state index contributed by atoms with van der Waals surface area (Å²) < 4.78 is 11.0. The Labute approximate surface area is 131 Å². The van der Waals surface area contributed by atoms with Gasteiger partial charge in [-0.1, -0.05) is 12.1 Å². The van der Waals surface area contributed by atoms with Crippen LogP contribution in [0.15, 0.2) is 48.4 Å². The number of hydrogen-bond acceptors (Lipinski definition) is 5. The van der Waals surface area contributed by atoms with E-state index in [-0.39, 0.29) is 0 Å². The minimum absolute atomic E-state index is 0.390. The van der Waals surface area contributed by atoms with Crippen LogP contribution in [0.25, 0.3) is 0 Å². The summed E-state index contributed by atoms with van der Waals surface area (Å²) in [7, 11) is 1.90. The van der Waals surface area contributed by atoms with Crippen LogP contribution in [0.2, 0.25) is 0 Å². The van der Waals surface area contributed by atoms with E-state index in [1.807, 2.05) is 43.6 Å². The van der Waals surface area contributed by atoms with Crippen molar-refractivity contribution in [3.63, 3.8) is 0 Å². The van der Waals surface area contributed by atoms with E-state index in [2.05, 4.69) is 10.2 Å². The third kappa shape index (κ3) is 5.79. The number of rotatable bonds is 9. The number of benzene rings is 1. The highest BCUT2D eigenvalue weighted by Crippen LogP contribution is 2.15. The topological polar surface area (TPSA) is 54.0 Å². The fraction of sp³-hybridized carbons (Fsp3) is 0.412. The predicted octanol–water partition coefficient (Wildman–Crippen LogP) is 2.07. The Morgan fingerprint density at radius 3 is 2.73 bits per heavy atom. The minimum atomic E-state index is 0.390. The molecule has 0 bridgehead atoms. The zero-order valence-corrected chi connectivity index (χ0v) is 13.0. The van der Waals surface area contributed by atoms with Gasteiger partial charge in [0.25, 0.3) is 0 Å². The molecule has 1 aromatic rings. The summed E-state index contributed by atoms with van der Waals surface area (Å²) in [6, 6.07) is 8.01. The molecular formula is C17H24N2O3. The van der Waals surface area contributed by atoms with Crippen LogP contribution in [-0.4, -0.2) is 50.0 Å². The van der Waals surface area contributed by atoms with Gasteiger partial charge in [0.1, 0.15) is 18.1 Å². The van der Waals surface area contributed by atoms with Crippen molar-refractivity contribution >= 4 is 0 Å². The smallest absolute Gasteiger partial charge is 0.119 e. The van der Waals surface area contributed by atoms with Gasteiger partial charge in [-0.15, -0.1) is 0 Å². The molecule has 1 heterocycles. The third-order valence-corrected chi connectivity index (χ3v) is 3.25. The highest BCUT2D eigenvalue weighted by Gasteiger charge is 2.06. The van der Waals surface area contributed by atoms with Gasteiger partial charge < -0.3 is 24.8 Å². The summed E-state index contributed by atoms with van der Waals surface area (Å²) in [4.78, 5) is 2.06. The molecule has 0 amide bonds. The van der Waals surface area contributed by atoms with Crippen molar-refractivity contribution < 1.29 is 14.6 Å². The van der Waals surface area contributed by atoms with Crippen LogP contribution in [0.1, 0.15) is 5.56 Å². The van der Waals surface area contributed by atoms with Gasteiger partial charge in [-0.05, 0) is 43.1 Å². The largest absolute Gasteiger partial charge is 0.510 e. The van der Waals surface area contributed by atoms with Crippen LogP contribution in [0.4, 0.5) is 0 Å². The number of aliphatic hydroxyl groups excluding tert-OH is 1. The lowest BCUT2D eigenvalue weighted by Crippen LogP contribution is -2.21. The first kappa shape index (κ1) is 16.4. The van der Waals surface area contributed by atoms with Crippen molar-refractivity contribution in [2.45, 2.75) is 6.54 Å². The van der Waals surface area contributed by atoms with E-state index in [1.165, 1.54) is 5.56 Å². The molecule has 1 aromatic carbocycles. The number of nitrogens with one attached hydrogen (secondary N) is 1. The first-order valence-corrected chi connectivity index (χ1v) is 7.52. The number of aliphatic hydroxyl groups is 1. The molecule has 120 valence electrons. The molecule has 0 unspecified atom stereocenters. The molecule has 22 heavy (non-hydrogen) atoms.